The molecule has 1 rings (SSSR count). The van der Waals surface area contributed by atoms with E-state index < -0.39 is 0 Å². The van der Waals surface area contributed by atoms with Crippen LogP contribution in [0.5, 0.6) is 0 Å². The smallest absolute Gasteiger partial charge is 0.236 e. The fraction of sp³-hybridized carbons (Fsp3) is 0.400. The van der Waals surface area contributed by atoms with Gasteiger partial charge in [0.15, 0.2) is 0 Å². The summed E-state index contributed by atoms with van der Waals surface area (Å²) in [6.45, 7) is 2.36. The maximum absolute atomic E-state index is 11.3. The van der Waals surface area contributed by atoms with E-state index in [0.29, 0.717) is 6.54 Å². The van der Waals surface area contributed by atoms with E-state index in [9.17, 15) is 4.79 Å². The average Bonchev–Trinajstić information content (AvgIpc) is 2.26. The fourth-order valence-electron chi connectivity index (χ4n) is 1.13. The van der Waals surface area contributed by atoms with E-state index in [4.69, 9.17) is 0 Å². The van der Waals surface area contributed by atoms with Crippen LogP contribution < -0.4 is 10.6 Å². The average molecular weight is 351 g/mol. The zero-order chi connectivity index (χ0) is 12.1. The lowest BCUT2D eigenvalue weighted by atomic mass is 10.3. The van der Waals surface area contributed by atoms with Crippen molar-refractivity contribution < 1.29 is 4.79 Å². The summed E-state index contributed by atoms with van der Waals surface area (Å²) < 4.78 is 1.83. The van der Waals surface area contributed by atoms with Crippen molar-refractivity contribution in [1.29, 1.82) is 0 Å². The second kappa shape index (κ2) is 6.32. The number of aromatic nitrogens is 1. The lowest BCUT2D eigenvalue weighted by molar-refractivity contribution is -0.122. The third-order valence-corrected chi connectivity index (χ3v) is 3.22. The largest absolute Gasteiger partial charge is 0.358 e. The minimum absolute atomic E-state index is 0.0340. The normalized spacial score (nSPS) is 12.2. The summed E-state index contributed by atoms with van der Waals surface area (Å²) in [5.74, 6) is -0.0340. The molecule has 88 valence electrons. The number of hydrogen-bond donors (Lipinski definition) is 2. The summed E-state index contributed by atoms with van der Waals surface area (Å²) in [5, 5.41) is 5.67. The van der Waals surface area contributed by atoms with Gasteiger partial charge >= 0.3 is 0 Å². The molecule has 1 aromatic rings. The number of amides is 1. The van der Waals surface area contributed by atoms with E-state index in [1.54, 1.807) is 13.2 Å². The number of likely N-dealkylation sites (N-methyl/N-ethyl adjacent to an activating group) is 1. The fourth-order valence-corrected chi connectivity index (χ4v) is 2.26. The van der Waals surface area contributed by atoms with Gasteiger partial charge < -0.3 is 10.6 Å². The summed E-state index contributed by atoms with van der Waals surface area (Å²) in [5.41, 5.74) is 0.874. The number of nitrogens with zero attached hydrogens (tertiary/aromatic N) is 1. The van der Waals surface area contributed by atoms with Gasteiger partial charge in [-0.25, -0.2) is 0 Å². The Morgan fingerprint density at radius 1 is 1.56 bits per heavy atom. The summed E-state index contributed by atoms with van der Waals surface area (Å²) >= 11 is 6.75. The molecule has 0 aromatic carbocycles. The molecule has 1 unspecified atom stereocenters. The first-order chi connectivity index (χ1) is 7.54. The molecule has 1 amide bonds. The Morgan fingerprint density at radius 3 is 2.81 bits per heavy atom. The van der Waals surface area contributed by atoms with Gasteiger partial charge in [-0.2, -0.15) is 0 Å². The molecule has 0 aliphatic rings. The Balaban J connectivity index is 2.58. The molecular weight excluding hydrogens is 338 g/mol. The van der Waals surface area contributed by atoms with Crippen molar-refractivity contribution >= 4 is 37.8 Å². The topological polar surface area (TPSA) is 54.0 Å². The zero-order valence-electron chi connectivity index (χ0n) is 9.05. The monoisotopic (exact) mass is 349 g/mol. The molecule has 0 radical (unpaired) electrons. The molecule has 1 atom stereocenters. The van der Waals surface area contributed by atoms with Crippen LogP contribution in [-0.2, 0) is 11.3 Å². The van der Waals surface area contributed by atoms with Crippen LogP contribution >= 0.6 is 31.9 Å². The van der Waals surface area contributed by atoms with E-state index in [1.165, 1.54) is 0 Å². The first-order valence-electron chi connectivity index (χ1n) is 4.79. The van der Waals surface area contributed by atoms with Gasteiger partial charge in [-0.15, -0.1) is 0 Å². The van der Waals surface area contributed by atoms with E-state index in [2.05, 4.69) is 47.5 Å². The molecule has 16 heavy (non-hydrogen) atoms. The van der Waals surface area contributed by atoms with Crippen LogP contribution in [0.4, 0.5) is 0 Å². The van der Waals surface area contributed by atoms with Crippen molar-refractivity contribution in [2.75, 3.05) is 7.05 Å². The van der Waals surface area contributed by atoms with E-state index in [0.717, 1.165) is 14.6 Å². The molecule has 0 saturated carbocycles. The summed E-state index contributed by atoms with van der Waals surface area (Å²) in [6, 6.07) is 1.69. The summed E-state index contributed by atoms with van der Waals surface area (Å²) in [6.07, 6.45) is 1.73. The maximum Gasteiger partial charge on any atom is 0.236 e. The van der Waals surface area contributed by atoms with Crippen molar-refractivity contribution in [3.05, 3.63) is 26.9 Å². The standard InChI is InChI=1S/C10H13Br2N3O/c1-6(10(16)13-2)14-5-9-8(12)3-7(11)4-15-9/h3-4,6,14H,5H2,1-2H3,(H,13,16). The molecule has 1 aromatic heterocycles. The number of rotatable bonds is 4. The predicted molar refractivity (Wildman–Crippen MR) is 70.0 cm³/mol. The number of carbonyl (C=O) groups is 1. The highest BCUT2D eigenvalue weighted by Gasteiger charge is 2.11. The number of pyridine rings is 1. The molecule has 0 aliphatic carbocycles. The second-order valence-electron chi connectivity index (χ2n) is 3.30. The van der Waals surface area contributed by atoms with Gasteiger partial charge in [-0.05, 0) is 44.8 Å². The van der Waals surface area contributed by atoms with Crippen LogP contribution in [0.15, 0.2) is 21.2 Å². The minimum Gasteiger partial charge on any atom is -0.358 e. The third-order valence-electron chi connectivity index (χ3n) is 2.10. The van der Waals surface area contributed by atoms with Crippen LogP contribution in [0, 0.1) is 0 Å². The maximum atomic E-state index is 11.3. The molecule has 0 aliphatic heterocycles. The van der Waals surface area contributed by atoms with Crippen molar-refractivity contribution in [3.63, 3.8) is 0 Å². The van der Waals surface area contributed by atoms with Crippen molar-refractivity contribution in [3.8, 4) is 0 Å². The number of nitrogens with one attached hydrogen (secondary N) is 2. The van der Waals surface area contributed by atoms with E-state index in [-0.39, 0.29) is 11.9 Å². The molecule has 0 saturated heterocycles. The molecule has 6 heteroatoms. The molecule has 2 N–H and O–H groups in total. The third kappa shape index (κ3) is 3.84. The second-order valence-corrected chi connectivity index (χ2v) is 5.07. The SMILES string of the molecule is CNC(=O)C(C)NCc1ncc(Br)cc1Br. The first-order valence-corrected chi connectivity index (χ1v) is 6.38. The Morgan fingerprint density at radius 2 is 2.25 bits per heavy atom. The number of halogens is 2. The van der Waals surface area contributed by atoms with Crippen LogP contribution in [0.1, 0.15) is 12.6 Å². The van der Waals surface area contributed by atoms with Crippen LogP contribution in [0.2, 0.25) is 0 Å². The minimum atomic E-state index is -0.234. The lowest BCUT2D eigenvalue weighted by Crippen LogP contribution is -2.40. The first kappa shape index (κ1) is 13.6. The lowest BCUT2D eigenvalue weighted by Gasteiger charge is -2.12. The van der Waals surface area contributed by atoms with Crippen LogP contribution in [-0.4, -0.2) is 24.0 Å². The highest BCUT2D eigenvalue weighted by atomic mass is 79.9. The highest BCUT2D eigenvalue weighted by Crippen LogP contribution is 2.19. The molecular formula is C10H13Br2N3O. The molecule has 0 spiro atoms. The zero-order valence-corrected chi connectivity index (χ0v) is 12.2. The highest BCUT2D eigenvalue weighted by molar-refractivity contribution is 9.11. The Labute approximate surface area is 111 Å². The number of carbonyl (C=O) groups excluding carboxylic acids is 1. The quantitative estimate of drug-likeness (QED) is 0.871. The summed E-state index contributed by atoms with van der Waals surface area (Å²) in [4.78, 5) is 15.5. The molecule has 0 bridgehead atoms. The van der Waals surface area contributed by atoms with E-state index in [1.807, 2.05) is 13.0 Å². The van der Waals surface area contributed by atoms with Crippen LogP contribution in [0.3, 0.4) is 0 Å². The molecule has 1 heterocycles. The van der Waals surface area contributed by atoms with Crippen molar-refractivity contribution in [1.82, 2.24) is 15.6 Å². The van der Waals surface area contributed by atoms with Gasteiger partial charge in [0.2, 0.25) is 5.91 Å². The van der Waals surface area contributed by atoms with Gasteiger partial charge in [0, 0.05) is 28.7 Å². The molecule has 0 fully saturated rings. The van der Waals surface area contributed by atoms with Gasteiger partial charge in [-0.3, -0.25) is 9.78 Å². The Bertz CT molecular complexity index is 384. The van der Waals surface area contributed by atoms with E-state index >= 15 is 0 Å². The van der Waals surface area contributed by atoms with Crippen molar-refractivity contribution in [2.24, 2.45) is 0 Å². The number of hydrogen-bond acceptors (Lipinski definition) is 3. The Hall–Kier alpha value is -0.460. The van der Waals surface area contributed by atoms with Gasteiger partial charge in [0.05, 0.1) is 11.7 Å². The van der Waals surface area contributed by atoms with Crippen molar-refractivity contribution in [2.45, 2.75) is 19.5 Å². The molecule has 4 nitrogen and oxygen atoms in total. The van der Waals surface area contributed by atoms with Crippen LogP contribution in [0.25, 0.3) is 0 Å². The van der Waals surface area contributed by atoms with Gasteiger partial charge in [-0.1, -0.05) is 0 Å². The van der Waals surface area contributed by atoms with Gasteiger partial charge in [0.1, 0.15) is 0 Å². The Kier molecular flexibility index (Phi) is 5.37. The summed E-state index contributed by atoms with van der Waals surface area (Å²) in [7, 11) is 1.62. The predicted octanol–water partition coefficient (Wildman–Crippen LogP) is 1.83. The van der Waals surface area contributed by atoms with Gasteiger partial charge in [0.25, 0.3) is 0 Å².